The molecule has 8 atom stereocenters. The molecule has 1 amide bonds. The first-order valence-electron chi connectivity index (χ1n) is 18.6. The van der Waals surface area contributed by atoms with Gasteiger partial charge in [0.15, 0.2) is 5.78 Å². The molecule has 0 heterocycles. The molecule has 4 fully saturated rings. The van der Waals surface area contributed by atoms with E-state index in [1.807, 2.05) is 18.2 Å². The van der Waals surface area contributed by atoms with Crippen molar-refractivity contribution in [2.75, 3.05) is 5.32 Å². The van der Waals surface area contributed by atoms with E-state index in [1.165, 1.54) is 0 Å². The van der Waals surface area contributed by atoms with E-state index in [1.54, 1.807) is 19.9 Å². The number of carbonyl (C=O) groups excluding carboxylic acids is 3. The first kappa shape index (κ1) is 36.1. The van der Waals surface area contributed by atoms with Gasteiger partial charge in [0.05, 0.1) is 28.0 Å². The third-order valence-electron chi connectivity index (χ3n) is 14.5. The first-order chi connectivity index (χ1) is 22.8. The number of hydrogen-bond acceptors (Lipinski definition) is 5. The van der Waals surface area contributed by atoms with Crippen LogP contribution in [0.15, 0.2) is 35.4 Å². The molecule has 268 valence electrons. The van der Waals surface area contributed by atoms with Crippen molar-refractivity contribution < 1.29 is 29.0 Å². The lowest BCUT2D eigenvalue weighted by Crippen LogP contribution is -2.63. The quantitative estimate of drug-likeness (QED) is 0.276. The van der Waals surface area contributed by atoms with Crippen molar-refractivity contribution in [3.05, 3.63) is 40.4 Å². The SMILES string of the molecule is CC(C)C1=C2C3CCC4[C@@](C)(CCC5C(C)(C)[C@@H](OC(=O)CC(C)(C)C(=O)O)CC[C@@]54C)C3CCC2(C(=O)Nc2ccccc2Cl)CC1=O. The Labute approximate surface area is 297 Å². The van der Waals surface area contributed by atoms with E-state index >= 15 is 0 Å². The molecule has 1 aromatic carbocycles. The van der Waals surface area contributed by atoms with Crippen molar-refractivity contribution in [2.24, 2.45) is 56.7 Å². The predicted octanol–water partition coefficient (Wildman–Crippen LogP) is 9.28. The second-order valence-electron chi connectivity index (χ2n) is 18.3. The number of allylic oxidation sites excluding steroid dienone is 1. The molecule has 49 heavy (non-hydrogen) atoms. The predicted molar refractivity (Wildman–Crippen MR) is 191 cm³/mol. The van der Waals surface area contributed by atoms with Crippen molar-refractivity contribution in [3.8, 4) is 0 Å². The number of benzene rings is 1. The normalized spacial score (nSPS) is 36.7. The molecular weight excluding hydrogens is 638 g/mol. The number of rotatable bonds is 7. The molecular formula is C41H56ClNO6. The van der Waals surface area contributed by atoms with Crippen LogP contribution < -0.4 is 5.32 Å². The van der Waals surface area contributed by atoms with Crippen LogP contribution in [0.4, 0.5) is 5.69 Å². The minimum absolute atomic E-state index is 0.0508. The maximum Gasteiger partial charge on any atom is 0.309 e. The molecule has 5 aliphatic rings. The highest BCUT2D eigenvalue weighted by molar-refractivity contribution is 6.33. The fraction of sp³-hybridized carbons (Fsp3) is 0.707. The summed E-state index contributed by atoms with van der Waals surface area (Å²) >= 11 is 6.48. The number of ketones is 1. The number of nitrogens with one attached hydrogen (secondary N) is 1. The third-order valence-corrected chi connectivity index (χ3v) is 14.9. The van der Waals surface area contributed by atoms with Crippen LogP contribution in [0.25, 0.3) is 0 Å². The van der Waals surface area contributed by atoms with Gasteiger partial charge < -0.3 is 15.2 Å². The largest absolute Gasteiger partial charge is 0.481 e. The Morgan fingerprint density at radius 1 is 0.959 bits per heavy atom. The number of Topliss-reactive ketones (excluding diaryl/α,β-unsaturated/α-hetero) is 1. The van der Waals surface area contributed by atoms with Crippen LogP contribution in [-0.2, 0) is 23.9 Å². The van der Waals surface area contributed by atoms with Crippen LogP contribution >= 0.6 is 11.6 Å². The van der Waals surface area contributed by atoms with Crippen LogP contribution in [0.2, 0.25) is 5.02 Å². The van der Waals surface area contributed by atoms with E-state index in [9.17, 15) is 24.3 Å². The summed E-state index contributed by atoms with van der Waals surface area (Å²) in [5.41, 5.74) is 0.468. The number of aliphatic carboxylic acids is 1. The Bertz CT molecular complexity index is 1590. The standard InChI is InChI=1S/C41H56ClNO6/c1-23(2)33-28(44)21-41(35(46)43-27-12-10-9-11-26(27)42)20-15-25-24(34(33)41)13-14-30-39(25,7)18-16-29-38(5,6)31(17-19-40(29,30)8)49-32(45)22-37(3,4)36(47)48/h9-12,23-25,29-31H,13-22H2,1-8H3,(H,43,46)(H,47,48)/t24?,25?,29?,30?,31-,39-,40-,41?/m0/s1. The summed E-state index contributed by atoms with van der Waals surface area (Å²) in [7, 11) is 0. The summed E-state index contributed by atoms with van der Waals surface area (Å²) in [6.07, 6.45) is 7.26. The Hall–Kier alpha value is -2.67. The van der Waals surface area contributed by atoms with Gasteiger partial charge in [-0.2, -0.15) is 0 Å². The topological polar surface area (TPSA) is 110 Å². The maximum atomic E-state index is 14.4. The Balaban J connectivity index is 1.28. The molecule has 0 bridgehead atoms. The van der Waals surface area contributed by atoms with Crippen molar-refractivity contribution in [1.29, 1.82) is 0 Å². The van der Waals surface area contributed by atoms with Gasteiger partial charge in [0.25, 0.3) is 0 Å². The number of para-hydroxylation sites is 1. The van der Waals surface area contributed by atoms with E-state index in [-0.39, 0.29) is 58.7 Å². The summed E-state index contributed by atoms with van der Waals surface area (Å²) in [6, 6.07) is 7.32. The fourth-order valence-electron chi connectivity index (χ4n) is 12.2. The van der Waals surface area contributed by atoms with Crippen LogP contribution in [0.1, 0.15) is 120 Å². The van der Waals surface area contributed by atoms with E-state index in [2.05, 4.69) is 46.9 Å². The smallest absolute Gasteiger partial charge is 0.309 e. The number of amides is 1. The molecule has 0 aromatic heterocycles. The van der Waals surface area contributed by atoms with E-state index in [0.717, 1.165) is 56.1 Å². The van der Waals surface area contributed by atoms with E-state index in [0.29, 0.717) is 34.9 Å². The highest BCUT2D eigenvalue weighted by Gasteiger charge is 2.67. The molecule has 5 aliphatic carbocycles. The second-order valence-corrected chi connectivity index (χ2v) is 18.7. The van der Waals surface area contributed by atoms with Gasteiger partial charge in [0.1, 0.15) is 6.10 Å². The van der Waals surface area contributed by atoms with Gasteiger partial charge in [-0.15, -0.1) is 0 Å². The number of anilines is 1. The lowest BCUT2D eigenvalue weighted by atomic mass is 9.36. The van der Waals surface area contributed by atoms with Gasteiger partial charge in [0, 0.05) is 11.8 Å². The molecule has 1 aromatic rings. The highest BCUT2D eigenvalue weighted by Crippen LogP contribution is 2.73. The number of esters is 1. The van der Waals surface area contributed by atoms with E-state index < -0.39 is 22.8 Å². The molecule has 4 saturated carbocycles. The first-order valence-corrected chi connectivity index (χ1v) is 18.9. The number of hydrogen-bond donors (Lipinski definition) is 2. The third kappa shape index (κ3) is 5.60. The van der Waals surface area contributed by atoms with Gasteiger partial charge in [-0.25, -0.2) is 0 Å². The average Bonchev–Trinajstić information content (AvgIpc) is 3.33. The van der Waals surface area contributed by atoms with Gasteiger partial charge >= 0.3 is 11.9 Å². The second kappa shape index (κ2) is 12.2. The van der Waals surface area contributed by atoms with Crippen molar-refractivity contribution >= 4 is 40.9 Å². The highest BCUT2D eigenvalue weighted by atomic mass is 35.5. The van der Waals surface area contributed by atoms with Gasteiger partial charge in [-0.3, -0.25) is 19.2 Å². The van der Waals surface area contributed by atoms with Crippen molar-refractivity contribution in [2.45, 2.75) is 126 Å². The molecule has 0 radical (unpaired) electrons. The zero-order valence-corrected chi connectivity index (χ0v) is 31.5. The van der Waals surface area contributed by atoms with Gasteiger partial charge in [0.2, 0.25) is 5.91 Å². The number of carboxylic acids is 1. The van der Waals surface area contributed by atoms with Gasteiger partial charge in [-0.1, -0.05) is 65.3 Å². The van der Waals surface area contributed by atoms with Crippen LogP contribution in [0.3, 0.4) is 0 Å². The molecule has 2 N–H and O–H groups in total. The minimum atomic E-state index is -1.17. The zero-order chi connectivity index (χ0) is 35.9. The maximum absolute atomic E-state index is 14.4. The number of halogens is 1. The lowest BCUT2D eigenvalue weighted by Gasteiger charge is -2.68. The number of fused-ring (bicyclic) bond motifs is 7. The summed E-state index contributed by atoms with van der Waals surface area (Å²) in [5, 5.41) is 13.2. The molecule has 0 saturated heterocycles. The fourth-order valence-corrected chi connectivity index (χ4v) is 12.4. The number of carbonyl (C=O) groups is 4. The molecule has 8 heteroatoms. The van der Waals surface area contributed by atoms with E-state index in [4.69, 9.17) is 16.3 Å². The Kier molecular flexibility index (Phi) is 9.02. The zero-order valence-electron chi connectivity index (χ0n) is 30.7. The summed E-state index contributed by atoms with van der Waals surface area (Å²) < 4.78 is 6.12. The number of carboxylic acid groups (broad SMARTS) is 1. The van der Waals surface area contributed by atoms with Crippen LogP contribution in [0.5, 0.6) is 0 Å². The molecule has 0 spiro atoms. The number of ether oxygens (including phenoxy) is 1. The average molecular weight is 694 g/mol. The monoisotopic (exact) mass is 693 g/mol. The molecule has 0 aliphatic heterocycles. The Morgan fingerprint density at radius 3 is 2.29 bits per heavy atom. The summed E-state index contributed by atoms with van der Waals surface area (Å²) in [5.74, 6) is 0.0707. The minimum Gasteiger partial charge on any atom is -0.481 e. The van der Waals surface area contributed by atoms with Crippen molar-refractivity contribution in [3.63, 3.8) is 0 Å². The molecule has 6 rings (SSSR count). The Morgan fingerprint density at radius 2 is 1.63 bits per heavy atom. The summed E-state index contributed by atoms with van der Waals surface area (Å²) in [6.45, 7) is 16.8. The summed E-state index contributed by atoms with van der Waals surface area (Å²) in [4.78, 5) is 52.9. The van der Waals surface area contributed by atoms with Crippen molar-refractivity contribution in [1.82, 2.24) is 0 Å². The molecule has 7 nitrogen and oxygen atoms in total. The van der Waals surface area contributed by atoms with Gasteiger partial charge in [-0.05, 0) is 129 Å². The van der Waals surface area contributed by atoms with Crippen LogP contribution in [-0.4, -0.2) is 34.8 Å². The lowest BCUT2D eigenvalue weighted by molar-refractivity contribution is -0.213. The molecule has 5 unspecified atom stereocenters. The van der Waals surface area contributed by atoms with Crippen LogP contribution in [0, 0.1) is 56.7 Å².